The van der Waals surface area contributed by atoms with E-state index >= 15 is 0 Å². The summed E-state index contributed by atoms with van der Waals surface area (Å²) in [5.74, 6) is -0.853. The van der Waals surface area contributed by atoms with E-state index < -0.39 is 11.9 Å². The molecule has 1 atom stereocenters. The molecule has 20 heavy (non-hydrogen) atoms. The van der Waals surface area contributed by atoms with Crippen molar-refractivity contribution in [2.75, 3.05) is 0 Å². The smallest absolute Gasteiger partial charge is 0.249 e. The van der Waals surface area contributed by atoms with Gasteiger partial charge in [-0.2, -0.15) is 0 Å². The number of imide groups is 1. The Labute approximate surface area is 117 Å². The first-order valence-electron chi connectivity index (χ1n) is 6.74. The second-order valence-corrected chi connectivity index (χ2v) is 5.00. The second kappa shape index (κ2) is 6.32. The van der Waals surface area contributed by atoms with E-state index in [2.05, 4.69) is 10.6 Å². The van der Waals surface area contributed by atoms with Crippen molar-refractivity contribution in [1.82, 2.24) is 10.6 Å². The summed E-state index contributed by atoms with van der Waals surface area (Å²) >= 11 is 0. The largest absolute Gasteiger partial charge is 0.344 e. The Hall–Kier alpha value is -2.17. The fraction of sp³-hybridized carbons (Fsp3) is 0.400. The monoisotopic (exact) mass is 274 g/mol. The second-order valence-electron chi connectivity index (χ2n) is 5.00. The molecule has 1 heterocycles. The van der Waals surface area contributed by atoms with E-state index in [1.807, 2.05) is 31.2 Å². The van der Waals surface area contributed by atoms with Crippen LogP contribution >= 0.6 is 0 Å². The summed E-state index contributed by atoms with van der Waals surface area (Å²) < 4.78 is 0. The highest BCUT2D eigenvalue weighted by molar-refractivity contribution is 6.01. The highest BCUT2D eigenvalue weighted by Gasteiger charge is 2.27. The van der Waals surface area contributed by atoms with E-state index in [4.69, 9.17) is 0 Å². The van der Waals surface area contributed by atoms with Crippen LogP contribution in [0.25, 0.3) is 0 Å². The van der Waals surface area contributed by atoms with Gasteiger partial charge in [0.05, 0.1) is 0 Å². The van der Waals surface area contributed by atoms with Crippen LogP contribution in [0.2, 0.25) is 0 Å². The first-order valence-corrected chi connectivity index (χ1v) is 6.74. The number of nitrogens with one attached hydrogen (secondary N) is 2. The van der Waals surface area contributed by atoms with Crippen molar-refractivity contribution in [3.8, 4) is 0 Å². The number of carbonyl (C=O) groups is 3. The molecule has 106 valence electrons. The molecule has 2 rings (SSSR count). The molecule has 1 aromatic carbocycles. The number of aryl methyl sites for hydroxylation is 2. The van der Waals surface area contributed by atoms with Crippen molar-refractivity contribution >= 4 is 17.7 Å². The van der Waals surface area contributed by atoms with E-state index in [1.54, 1.807) is 0 Å². The standard InChI is InChI=1S/C15H18N2O3/c1-10-4-2-3-5-11(10)6-8-13(18)16-12-7-9-14(19)17-15(12)20/h2-5,12H,6-9H2,1H3,(H,16,18)(H,17,19,20). The van der Waals surface area contributed by atoms with Gasteiger partial charge in [0.1, 0.15) is 6.04 Å². The van der Waals surface area contributed by atoms with Gasteiger partial charge in [-0.25, -0.2) is 0 Å². The fourth-order valence-electron chi connectivity index (χ4n) is 2.24. The molecule has 0 aliphatic carbocycles. The molecular weight excluding hydrogens is 256 g/mol. The lowest BCUT2D eigenvalue weighted by molar-refractivity contribution is -0.137. The molecule has 0 spiro atoms. The van der Waals surface area contributed by atoms with Crippen molar-refractivity contribution in [3.63, 3.8) is 0 Å². The minimum absolute atomic E-state index is 0.164. The molecule has 2 N–H and O–H groups in total. The topological polar surface area (TPSA) is 75.3 Å². The van der Waals surface area contributed by atoms with Crippen LogP contribution in [0.1, 0.15) is 30.4 Å². The van der Waals surface area contributed by atoms with Gasteiger partial charge in [-0.05, 0) is 30.9 Å². The number of hydrogen-bond acceptors (Lipinski definition) is 3. The molecule has 0 aromatic heterocycles. The van der Waals surface area contributed by atoms with Gasteiger partial charge in [0, 0.05) is 12.8 Å². The van der Waals surface area contributed by atoms with Crippen LogP contribution in [-0.4, -0.2) is 23.8 Å². The fourth-order valence-corrected chi connectivity index (χ4v) is 2.24. The highest BCUT2D eigenvalue weighted by atomic mass is 16.2. The van der Waals surface area contributed by atoms with Gasteiger partial charge in [-0.1, -0.05) is 24.3 Å². The van der Waals surface area contributed by atoms with E-state index in [-0.39, 0.29) is 18.2 Å². The van der Waals surface area contributed by atoms with Crippen molar-refractivity contribution in [2.24, 2.45) is 0 Å². The molecule has 1 aromatic rings. The Kier molecular flexibility index (Phi) is 4.50. The molecule has 1 unspecified atom stereocenters. The molecule has 0 saturated carbocycles. The maximum Gasteiger partial charge on any atom is 0.249 e. The summed E-state index contributed by atoms with van der Waals surface area (Å²) in [7, 11) is 0. The lowest BCUT2D eigenvalue weighted by Crippen LogP contribution is -2.52. The highest BCUT2D eigenvalue weighted by Crippen LogP contribution is 2.10. The number of amides is 3. The number of piperidine rings is 1. The molecule has 1 saturated heterocycles. The van der Waals surface area contributed by atoms with Gasteiger partial charge in [-0.3, -0.25) is 19.7 Å². The minimum Gasteiger partial charge on any atom is -0.344 e. The predicted octanol–water partition coefficient (Wildman–Crippen LogP) is 0.849. The van der Waals surface area contributed by atoms with Crippen LogP contribution in [-0.2, 0) is 20.8 Å². The molecule has 0 bridgehead atoms. The summed E-state index contributed by atoms with van der Waals surface area (Å²) in [5.41, 5.74) is 2.28. The third-order valence-corrected chi connectivity index (χ3v) is 3.46. The zero-order valence-electron chi connectivity index (χ0n) is 11.4. The third kappa shape index (κ3) is 3.66. The average Bonchev–Trinajstić information content (AvgIpc) is 2.41. The van der Waals surface area contributed by atoms with E-state index in [9.17, 15) is 14.4 Å². The minimum atomic E-state index is -0.586. The number of benzene rings is 1. The van der Waals surface area contributed by atoms with Gasteiger partial charge in [0.25, 0.3) is 0 Å². The Morgan fingerprint density at radius 2 is 2.10 bits per heavy atom. The quantitative estimate of drug-likeness (QED) is 0.799. The lowest BCUT2D eigenvalue weighted by atomic mass is 10.0. The average molecular weight is 274 g/mol. The summed E-state index contributed by atoms with van der Waals surface area (Å²) in [6.07, 6.45) is 1.63. The molecule has 1 aliphatic rings. The normalized spacial score (nSPS) is 18.6. The first kappa shape index (κ1) is 14.2. The van der Waals surface area contributed by atoms with Crippen LogP contribution in [0.4, 0.5) is 0 Å². The Morgan fingerprint density at radius 3 is 2.80 bits per heavy atom. The molecule has 3 amide bonds. The van der Waals surface area contributed by atoms with Gasteiger partial charge in [0.2, 0.25) is 17.7 Å². The van der Waals surface area contributed by atoms with Gasteiger partial charge in [0.15, 0.2) is 0 Å². The number of hydrogen-bond donors (Lipinski definition) is 2. The van der Waals surface area contributed by atoms with Crippen LogP contribution in [0.15, 0.2) is 24.3 Å². The van der Waals surface area contributed by atoms with Crippen LogP contribution in [0.3, 0.4) is 0 Å². The molecule has 0 radical (unpaired) electrons. The van der Waals surface area contributed by atoms with Crippen LogP contribution < -0.4 is 10.6 Å². The molecule has 5 heteroatoms. The van der Waals surface area contributed by atoms with Crippen LogP contribution in [0, 0.1) is 6.92 Å². The van der Waals surface area contributed by atoms with Crippen molar-refractivity contribution in [2.45, 2.75) is 38.6 Å². The van der Waals surface area contributed by atoms with Crippen molar-refractivity contribution in [1.29, 1.82) is 0 Å². The maximum absolute atomic E-state index is 11.8. The first-order chi connectivity index (χ1) is 9.56. The van der Waals surface area contributed by atoms with E-state index in [0.717, 1.165) is 11.1 Å². The molecular formula is C15H18N2O3. The number of rotatable bonds is 4. The Morgan fingerprint density at radius 1 is 1.35 bits per heavy atom. The third-order valence-electron chi connectivity index (χ3n) is 3.46. The van der Waals surface area contributed by atoms with Crippen LogP contribution in [0.5, 0.6) is 0 Å². The molecule has 1 fully saturated rings. The van der Waals surface area contributed by atoms with Gasteiger partial charge >= 0.3 is 0 Å². The van der Waals surface area contributed by atoms with Crippen molar-refractivity contribution in [3.05, 3.63) is 35.4 Å². The lowest BCUT2D eigenvalue weighted by Gasteiger charge is -2.21. The van der Waals surface area contributed by atoms with Gasteiger partial charge in [-0.15, -0.1) is 0 Å². The Bertz CT molecular complexity index is 540. The summed E-state index contributed by atoms with van der Waals surface area (Å²) in [6.45, 7) is 2.01. The molecule has 5 nitrogen and oxygen atoms in total. The van der Waals surface area contributed by atoms with Crippen molar-refractivity contribution < 1.29 is 14.4 Å². The van der Waals surface area contributed by atoms with Gasteiger partial charge < -0.3 is 5.32 Å². The maximum atomic E-state index is 11.8. The summed E-state index contributed by atoms with van der Waals surface area (Å²) in [6, 6.07) is 7.32. The summed E-state index contributed by atoms with van der Waals surface area (Å²) in [5, 5.41) is 4.90. The van der Waals surface area contributed by atoms with E-state index in [1.165, 1.54) is 0 Å². The SMILES string of the molecule is Cc1ccccc1CCC(=O)NC1CCC(=O)NC1=O. The van der Waals surface area contributed by atoms with E-state index in [0.29, 0.717) is 19.3 Å². The molecule has 1 aliphatic heterocycles. The summed E-state index contributed by atoms with van der Waals surface area (Å²) in [4.78, 5) is 34.4. The number of carbonyl (C=O) groups excluding carboxylic acids is 3. The zero-order chi connectivity index (χ0) is 14.5. The predicted molar refractivity (Wildman–Crippen MR) is 73.8 cm³/mol. The zero-order valence-corrected chi connectivity index (χ0v) is 11.4. The Balaban J connectivity index is 1.83.